The molecule has 0 fully saturated rings. The van der Waals surface area contributed by atoms with E-state index in [9.17, 15) is 4.79 Å². The van der Waals surface area contributed by atoms with Crippen molar-refractivity contribution in [3.8, 4) is 0 Å². The van der Waals surface area contributed by atoms with Gasteiger partial charge in [-0.3, -0.25) is 4.79 Å². The second-order valence-corrected chi connectivity index (χ2v) is 5.76. The van der Waals surface area contributed by atoms with Crippen LogP contribution in [0.15, 0.2) is 22.7 Å². The molecule has 1 rings (SSSR count). The molecule has 0 radical (unpaired) electrons. The molecule has 17 heavy (non-hydrogen) atoms. The van der Waals surface area contributed by atoms with Gasteiger partial charge in [0.05, 0.1) is 0 Å². The van der Waals surface area contributed by atoms with E-state index in [2.05, 4.69) is 21.2 Å². The van der Waals surface area contributed by atoms with Crippen LogP contribution in [0, 0.1) is 6.92 Å². The lowest BCUT2D eigenvalue weighted by molar-refractivity contribution is -0.152. The van der Waals surface area contributed by atoms with E-state index >= 15 is 0 Å². The van der Waals surface area contributed by atoms with Crippen molar-refractivity contribution in [3.05, 3.63) is 28.2 Å². The summed E-state index contributed by atoms with van der Waals surface area (Å²) >= 11 is 3.43. The van der Waals surface area contributed by atoms with E-state index in [1.807, 2.05) is 45.9 Å². The number of hydrogen-bond donors (Lipinski definition) is 1. The number of aryl methyl sites for hydroxylation is 1. The minimum atomic E-state index is -0.436. The number of nitrogens with one attached hydrogen (secondary N) is 1. The van der Waals surface area contributed by atoms with Gasteiger partial charge in [-0.1, -0.05) is 15.9 Å². The van der Waals surface area contributed by atoms with Crippen molar-refractivity contribution in [1.82, 2.24) is 0 Å². The number of ether oxygens (including phenoxy) is 1. The number of carbonyl (C=O) groups excluding carboxylic acids is 1. The molecule has 0 unspecified atom stereocenters. The molecule has 0 aliphatic rings. The fourth-order valence-electron chi connectivity index (χ4n) is 1.31. The normalized spacial score (nSPS) is 11.1. The van der Waals surface area contributed by atoms with Gasteiger partial charge in [-0.25, -0.2) is 0 Å². The summed E-state index contributed by atoms with van der Waals surface area (Å²) < 4.78 is 6.26. The van der Waals surface area contributed by atoms with Crippen molar-refractivity contribution in [3.63, 3.8) is 0 Å². The minimum Gasteiger partial charge on any atom is -0.459 e. The molecule has 0 spiro atoms. The van der Waals surface area contributed by atoms with Crippen LogP contribution < -0.4 is 5.32 Å². The maximum Gasteiger partial charge on any atom is 0.325 e. The van der Waals surface area contributed by atoms with E-state index in [1.165, 1.54) is 0 Å². The number of halogens is 1. The lowest BCUT2D eigenvalue weighted by Crippen LogP contribution is -2.28. The fraction of sp³-hybridized carbons (Fsp3) is 0.462. The zero-order chi connectivity index (χ0) is 13.1. The van der Waals surface area contributed by atoms with Crippen LogP contribution in [0.3, 0.4) is 0 Å². The van der Waals surface area contributed by atoms with E-state index in [4.69, 9.17) is 4.74 Å². The van der Waals surface area contributed by atoms with Crippen LogP contribution in [0.1, 0.15) is 26.3 Å². The average Bonchev–Trinajstić information content (AvgIpc) is 2.17. The van der Waals surface area contributed by atoms with Crippen LogP contribution in [0.25, 0.3) is 0 Å². The van der Waals surface area contributed by atoms with Gasteiger partial charge in [0, 0.05) is 10.2 Å². The molecule has 1 aromatic rings. The van der Waals surface area contributed by atoms with Gasteiger partial charge in [-0.15, -0.1) is 0 Å². The number of hydrogen-bond acceptors (Lipinski definition) is 3. The van der Waals surface area contributed by atoms with Crippen LogP contribution in [0.2, 0.25) is 0 Å². The summed E-state index contributed by atoms with van der Waals surface area (Å²) in [5.74, 6) is -0.252. The molecular weight excluding hydrogens is 282 g/mol. The van der Waals surface area contributed by atoms with Crippen LogP contribution >= 0.6 is 15.9 Å². The highest BCUT2D eigenvalue weighted by molar-refractivity contribution is 9.10. The Kier molecular flexibility index (Phi) is 4.57. The van der Waals surface area contributed by atoms with Crippen molar-refractivity contribution < 1.29 is 9.53 Å². The van der Waals surface area contributed by atoms with Crippen molar-refractivity contribution in [2.45, 2.75) is 33.3 Å². The first-order valence-electron chi connectivity index (χ1n) is 5.50. The molecule has 0 aromatic heterocycles. The van der Waals surface area contributed by atoms with Crippen LogP contribution in [0.5, 0.6) is 0 Å². The largest absolute Gasteiger partial charge is 0.459 e. The Balaban J connectivity index is 2.50. The van der Waals surface area contributed by atoms with Gasteiger partial charge in [0.2, 0.25) is 0 Å². The molecule has 0 saturated heterocycles. The molecule has 0 bridgehead atoms. The Morgan fingerprint density at radius 1 is 1.41 bits per heavy atom. The third-order valence-corrected chi connectivity index (χ3v) is 2.90. The zero-order valence-electron chi connectivity index (χ0n) is 10.6. The highest BCUT2D eigenvalue weighted by atomic mass is 79.9. The highest BCUT2D eigenvalue weighted by Gasteiger charge is 2.15. The Hall–Kier alpha value is -1.03. The number of rotatable bonds is 3. The maximum atomic E-state index is 11.5. The summed E-state index contributed by atoms with van der Waals surface area (Å²) in [6.45, 7) is 7.75. The van der Waals surface area contributed by atoms with E-state index in [-0.39, 0.29) is 12.5 Å². The molecule has 94 valence electrons. The first kappa shape index (κ1) is 14.0. The van der Waals surface area contributed by atoms with Gasteiger partial charge < -0.3 is 10.1 Å². The molecule has 0 amide bonds. The quantitative estimate of drug-likeness (QED) is 0.868. The van der Waals surface area contributed by atoms with Crippen molar-refractivity contribution in [1.29, 1.82) is 0 Å². The minimum absolute atomic E-state index is 0.179. The van der Waals surface area contributed by atoms with E-state index in [0.717, 1.165) is 15.7 Å². The van der Waals surface area contributed by atoms with Crippen LogP contribution in [0.4, 0.5) is 5.69 Å². The summed E-state index contributed by atoms with van der Waals surface area (Å²) in [4.78, 5) is 11.5. The van der Waals surface area contributed by atoms with Crippen LogP contribution in [-0.4, -0.2) is 18.1 Å². The molecule has 0 saturated carbocycles. The average molecular weight is 300 g/mol. The summed E-state index contributed by atoms with van der Waals surface area (Å²) in [5.41, 5.74) is 1.60. The van der Waals surface area contributed by atoms with E-state index < -0.39 is 5.60 Å². The fourth-order valence-corrected chi connectivity index (χ4v) is 1.55. The molecule has 0 aliphatic heterocycles. The topological polar surface area (TPSA) is 38.3 Å². The molecule has 1 aromatic carbocycles. The van der Waals surface area contributed by atoms with Gasteiger partial charge >= 0.3 is 5.97 Å². The predicted octanol–water partition coefficient (Wildman–Crippen LogP) is 3.51. The maximum absolute atomic E-state index is 11.5. The van der Waals surface area contributed by atoms with E-state index in [0.29, 0.717) is 0 Å². The lowest BCUT2D eigenvalue weighted by Gasteiger charge is -2.19. The highest BCUT2D eigenvalue weighted by Crippen LogP contribution is 2.19. The summed E-state index contributed by atoms with van der Waals surface area (Å²) in [6, 6.07) is 5.85. The summed E-state index contributed by atoms with van der Waals surface area (Å²) in [6.07, 6.45) is 0. The Morgan fingerprint density at radius 2 is 2.06 bits per heavy atom. The third-order valence-electron chi connectivity index (χ3n) is 2.01. The second kappa shape index (κ2) is 5.54. The summed E-state index contributed by atoms with van der Waals surface area (Å²) in [5, 5.41) is 3.04. The molecular formula is C13H18BrNO2. The van der Waals surface area contributed by atoms with Gasteiger partial charge in [0.1, 0.15) is 12.1 Å². The third kappa shape index (κ3) is 5.22. The first-order chi connectivity index (χ1) is 7.78. The molecule has 1 N–H and O–H groups in total. The molecule has 0 atom stereocenters. The van der Waals surface area contributed by atoms with Gasteiger partial charge in [-0.2, -0.15) is 0 Å². The Bertz CT molecular complexity index is 410. The number of esters is 1. The van der Waals surface area contributed by atoms with Crippen LogP contribution in [-0.2, 0) is 9.53 Å². The molecule has 4 heteroatoms. The smallest absolute Gasteiger partial charge is 0.325 e. The predicted molar refractivity (Wildman–Crippen MR) is 73.2 cm³/mol. The van der Waals surface area contributed by atoms with Crippen molar-refractivity contribution >= 4 is 27.6 Å². The van der Waals surface area contributed by atoms with E-state index in [1.54, 1.807) is 0 Å². The SMILES string of the molecule is Cc1cc(NCC(=O)OC(C)(C)C)ccc1Br. The second-order valence-electron chi connectivity index (χ2n) is 4.90. The lowest BCUT2D eigenvalue weighted by atomic mass is 10.2. The van der Waals surface area contributed by atoms with Crippen molar-refractivity contribution in [2.24, 2.45) is 0 Å². The monoisotopic (exact) mass is 299 g/mol. The van der Waals surface area contributed by atoms with Gasteiger partial charge in [-0.05, 0) is 51.5 Å². The number of carbonyl (C=O) groups is 1. The van der Waals surface area contributed by atoms with Gasteiger partial charge in [0.15, 0.2) is 0 Å². The zero-order valence-corrected chi connectivity index (χ0v) is 12.2. The summed E-state index contributed by atoms with van der Waals surface area (Å²) in [7, 11) is 0. The Morgan fingerprint density at radius 3 is 2.59 bits per heavy atom. The Labute approximate surface area is 111 Å². The first-order valence-corrected chi connectivity index (χ1v) is 6.29. The molecule has 0 heterocycles. The van der Waals surface area contributed by atoms with Gasteiger partial charge in [0.25, 0.3) is 0 Å². The molecule has 3 nitrogen and oxygen atoms in total. The number of benzene rings is 1. The standard InChI is InChI=1S/C13H18BrNO2/c1-9-7-10(5-6-11(9)14)15-8-12(16)17-13(2,3)4/h5-7,15H,8H2,1-4H3. The number of anilines is 1. The van der Waals surface area contributed by atoms with Crippen molar-refractivity contribution in [2.75, 3.05) is 11.9 Å². The molecule has 0 aliphatic carbocycles.